The number of ether oxygens (including phenoxy) is 1. The van der Waals surface area contributed by atoms with Crippen LogP contribution in [-0.2, 0) is 11.2 Å². The molecule has 1 aliphatic rings. The third-order valence-corrected chi connectivity index (χ3v) is 8.02. The van der Waals surface area contributed by atoms with Crippen LogP contribution in [0.4, 0.5) is 10.1 Å². The number of pyridine rings is 1. The number of benzene rings is 1. The number of hydrogen-bond donors (Lipinski definition) is 1. The summed E-state index contributed by atoms with van der Waals surface area (Å²) in [6.45, 7) is 7.54. The molecule has 0 bridgehead atoms. The van der Waals surface area contributed by atoms with Gasteiger partial charge in [-0.05, 0) is 61.1 Å². The average Bonchev–Trinajstić information content (AvgIpc) is 3.49. The number of nitrogens with one attached hydrogen (secondary N) is 1. The Balaban J connectivity index is 1.38. The van der Waals surface area contributed by atoms with Gasteiger partial charge in [0.2, 0.25) is 5.91 Å². The number of piperidine rings is 1. The zero-order chi connectivity index (χ0) is 26.7. The SMILES string of the molecule is CCNCC[C@@H](Oc1ccccc1CCN1CC[C@@H](N(C(=O)CC)c2cccnc2)[C@@H](F)C1)c1cccs1. The number of likely N-dealkylation sites (tertiary alicyclic amines) is 1. The van der Waals surface area contributed by atoms with Crippen LogP contribution in [0.5, 0.6) is 5.75 Å². The Kier molecular flexibility index (Phi) is 10.7. The molecule has 1 aliphatic heterocycles. The molecule has 3 aromatic rings. The number of halogens is 1. The molecule has 0 saturated carbocycles. The summed E-state index contributed by atoms with van der Waals surface area (Å²) in [7, 11) is 0. The largest absolute Gasteiger partial charge is 0.485 e. The lowest BCUT2D eigenvalue weighted by Gasteiger charge is -2.40. The molecule has 1 amide bonds. The first-order valence-electron chi connectivity index (χ1n) is 13.7. The van der Waals surface area contributed by atoms with Crippen LogP contribution in [0, 0.1) is 0 Å². The molecule has 8 heteroatoms. The summed E-state index contributed by atoms with van der Waals surface area (Å²) in [5, 5.41) is 5.49. The number of carbonyl (C=O) groups is 1. The number of alkyl halides is 1. The normalized spacial score (nSPS) is 18.7. The van der Waals surface area contributed by atoms with Crippen LogP contribution >= 0.6 is 11.3 Å². The van der Waals surface area contributed by atoms with Gasteiger partial charge in [-0.25, -0.2) is 4.39 Å². The smallest absolute Gasteiger partial charge is 0.227 e. The molecule has 0 spiro atoms. The molecule has 1 fully saturated rings. The van der Waals surface area contributed by atoms with E-state index >= 15 is 4.39 Å². The van der Waals surface area contributed by atoms with E-state index in [0.29, 0.717) is 25.1 Å². The van der Waals surface area contributed by atoms with Crippen LogP contribution in [0.1, 0.15) is 49.7 Å². The van der Waals surface area contributed by atoms with E-state index in [9.17, 15) is 4.79 Å². The minimum Gasteiger partial charge on any atom is -0.485 e. The highest BCUT2D eigenvalue weighted by Crippen LogP contribution is 2.31. The number of hydrogen-bond acceptors (Lipinski definition) is 6. The second kappa shape index (κ2) is 14.4. The van der Waals surface area contributed by atoms with E-state index in [1.54, 1.807) is 34.7 Å². The summed E-state index contributed by atoms with van der Waals surface area (Å²) >= 11 is 1.72. The molecule has 1 saturated heterocycles. The second-order valence-electron chi connectivity index (χ2n) is 9.62. The van der Waals surface area contributed by atoms with Crippen LogP contribution in [0.3, 0.4) is 0 Å². The van der Waals surface area contributed by atoms with Gasteiger partial charge in [0.25, 0.3) is 0 Å². The molecule has 0 aliphatic carbocycles. The number of thiophene rings is 1. The maximum absolute atomic E-state index is 15.5. The van der Waals surface area contributed by atoms with Gasteiger partial charge in [-0.3, -0.25) is 14.7 Å². The molecule has 6 nitrogen and oxygen atoms in total. The van der Waals surface area contributed by atoms with Gasteiger partial charge in [-0.1, -0.05) is 38.1 Å². The van der Waals surface area contributed by atoms with E-state index in [4.69, 9.17) is 4.74 Å². The lowest BCUT2D eigenvalue weighted by atomic mass is 9.99. The van der Waals surface area contributed by atoms with Crippen molar-refractivity contribution in [1.29, 1.82) is 0 Å². The highest BCUT2D eigenvalue weighted by molar-refractivity contribution is 7.10. The van der Waals surface area contributed by atoms with Crippen molar-refractivity contribution in [3.05, 3.63) is 76.7 Å². The molecule has 3 heterocycles. The Morgan fingerprint density at radius 3 is 2.82 bits per heavy atom. The molecule has 2 aromatic heterocycles. The third-order valence-electron chi connectivity index (χ3n) is 7.05. The first-order chi connectivity index (χ1) is 18.6. The Labute approximate surface area is 229 Å². The van der Waals surface area contributed by atoms with Crippen LogP contribution in [0.15, 0.2) is 66.3 Å². The van der Waals surface area contributed by atoms with Crippen molar-refractivity contribution >= 4 is 22.9 Å². The van der Waals surface area contributed by atoms with E-state index in [-0.39, 0.29) is 12.0 Å². The molecule has 1 N–H and O–H groups in total. The van der Waals surface area contributed by atoms with E-state index in [2.05, 4.69) is 45.7 Å². The average molecular weight is 539 g/mol. The predicted molar refractivity (Wildman–Crippen MR) is 153 cm³/mol. The number of aromatic nitrogens is 1. The van der Waals surface area contributed by atoms with Crippen LogP contribution in [0.2, 0.25) is 0 Å². The van der Waals surface area contributed by atoms with Gasteiger partial charge in [0, 0.05) is 43.5 Å². The summed E-state index contributed by atoms with van der Waals surface area (Å²) in [5.41, 5.74) is 1.80. The number of para-hydroxylation sites is 1. The number of nitrogens with zero attached hydrogens (tertiary/aromatic N) is 3. The Bertz CT molecular complexity index is 1110. The summed E-state index contributed by atoms with van der Waals surface area (Å²) in [5.74, 6) is 0.824. The van der Waals surface area contributed by atoms with Crippen molar-refractivity contribution in [2.45, 2.75) is 57.8 Å². The fourth-order valence-corrected chi connectivity index (χ4v) is 5.83. The van der Waals surface area contributed by atoms with Gasteiger partial charge >= 0.3 is 0 Å². The summed E-state index contributed by atoms with van der Waals surface area (Å²) in [6.07, 6.45) is 4.77. The minimum atomic E-state index is -1.12. The molecule has 1 aromatic carbocycles. The lowest BCUT2D eigenvalue weighted by molar-refractivity contribution is -0.119. The minimum absolute atomic E-state index is 0.00395. The van der Waals surface area contributed by atoms with Crippen LogP contribution in [-0.4, -0.2) is 60.7 Å². The first kappa shape index (κ1) is 28.2. The molecule has 38 heavy (non-hydrogen) atoms. The van der Waals surface area contributed by atoms with Crippen molar-refractivity contribution in [3.63, 3.8) is 0 Å². The molecule has 204 valence electrons. The van der Waals surface area contributed by atoms with E-state index in [0.717, 1.165) is 50.3 Å². The Morgan fingerprint density at radius 1 is 1.24 bits per heavy atom. The molecule has 0 radical (unpaired) electrons. The highest BCUT2D eigenvalue weighted by atomic mass is 32.1. The lowest BCUT2D eigenvalue weighted by Crippen LogP contribution is -2.54. The molecular weight excluding hydrogens is 499 g/mol. The second-order valence-corrected chi connectivity index (χ2v) is 10.6. The third kappa shape index (κ3) is 7.40. The number of anilines is 1. The first-order valence-corrected chi connectivity index (χ1v) is 14.6. The van der Waals surface area contributed by atoms with Crippen molar-refractivity contribution in [2.75, 3.05) is 37.6 Å². The maximum atomic E-state index is 15.5. The summed E-state index contributed by atoms with van der Waals surface area (Å²) in [6, 6.07) is 15.5. The zero-order valence-electron chi connectivity index (χ0n) is 22.4. The van der Waals surface area contributed by atoms with Crippen molar-refractivity contribution in [3.8, 4) is 5.75 Å². The monoisotopic (exact) mass is 538 g/mol. The topological polar surface area (TPSA) is 57.7 Å². The molecule has 3 atom stereocenters. The Hall–Kier alpha value is -2.81. The standard InChI is InChI=1S/C30H39FN4O2S/c1-3-30(36)35(24-10-7-16-33-21-24)26-15-19-34(22-25(26)31)18-14-23-9-5-6-11-27(23)37-28(13-17-32-4-2)29-12-8-20-38-29/h5-12,16,20-21,25-26,28,32H,3-4,13-15,17-19,22H2,1-2H3/t25-,26+,28+/m0/s1. The number of carbonyl (C=O) groups excluding carboxylic acids is 1. The van der Waals surface area contributed by atoms with Crippen LogP contribution in [0.25, 0.3) is 0 Å². The van der Waals surface area contributed by atoms with Gasteiger partial charge in [0.15, 0.2) is 0 Å². The molecular formula is C30H39FN4O2S. The van der Waals surface area contributed by atoms with Gasteiger partial charge in [-0.15, -0.1) is 11.3 Å². The fraction of sp³-hybridized carbons (Fsp3) is 0.467. The highest BCUT2D eigenvalue weighted by Gasteiger charge is 2.36. The summed E-state index contributed by atoms with van der Waals surface area (Å²) in [4.78, 5) is 21.9. The number of rotatable bonds is 13. The van der Waals surface area contributed by atoms with Crippen molar-refractivity contribution < 1.29 is 13.9 Å². The van der Waals surface area contributed by atoms with Gasteiger partial charge in [0.1, 0.15) is 18.0 Å². The summed E-state index contributed by atoms with van der Waals surface area (Å²) < 4.78 is 22.1. The zero-order valence-corrected chi connectivity index (χ0v) is 23.2. The van der Waals surface area contributed by atoms with Crippen molar-refractivity contribution in [2.24, 2.45) is 0 Å². The number of amides is 1. The molecule has 0 unspecified atom stereocenters. The van der Waals surface area contributed by atoms with Gasteiger partial charge in [0.05, 0.1) is 17.9 Å². The predicted octanol–water partition coefficient (Wildman–Crippen LogP) is 5.66. The quantitative estimate of drug-likeness (QED) is 0.285. The fourth-order valence-electron chi connectivity index (χ4n) is 5.04. The Morgan fingerprint density at radius 2 is 2.11 bits per heavy atom. The van der Waals surface area contributed by atoms with Crippen LogP contribution < -0.4 is 15.0 Å². The molecule has 4 rings (SSSR count). The van der Waals surface area contributed by atoms with E-state index < -0.39 is 12.2 Å². The van der Waals surface area contributed by atoms with Crippen molar-refractivity contribution in [1.82, 2.24) is 15.2 Å². The van der Waals surface area contributed by atoms with Gasteiger partial charge < -0.3 is 15.0 Å². The van der Waals surface area contributed by atoms with E-state index in [1.165, 1.54) is 4.88 Å². The maximum Gasteiger partial charge on any atom is 0.227 e. The van der Waals surface area contributed by atoms with E-state index in [1.807, 2.05) is 31.2 Å². The van der Waals surface area contributed by atoms with Gasteiger partial charge in [-0.2, -0.15) is 0 Å².